The summed E-state index contributed by atoms with van der Waals surface area (Å²) in [5.41, 5.74) is 9.02. The van der Waals surface area contributed by atoms with E-state index in [2.05, 4.69) is 23.8 Å². The van der Waals surface area contributed by atoms with Crippen LogP contribution in [-0.2, 0) is 0 Å². The van der Waals surface area contributed by atoms with Crippen LogP contribution in [0.2, 0.25) is 0 Å². The Labute approximate surface area is 148 Å². The number of amidine groups is 1. The van der Waals surface area contributed by atoms with Gasteiger partial charge in [-0.25, -0.2) is 0 Å². The van der Waals surface area contributed by atoms with E-state index in [9.17, 15) is 0 Å². The molecule has 5 N–H and O–H groups in total. The van der Waals surface area contributed by atoms with Gasteiger partial charge in [-0.15, -0.1) is 0 Å². The lowest BCUT2D eigenvalue weighted by molar-refractivity contribution is 0.948. The van der Waals surface area contributed by atoms with Gasteiger partial charge in [0, 0.05) is 5.57 Å². The Morgan fingerprint density at radius 1 is 0.960 bits per heavy atom. The third-order valence-corrected chi connectivity index (χ3v) is 3.51. The van der Waals surface area contributed by atoms with Crippen LogP contribution in [0.25, 0.3) is 11.1 Å². The molecule has 2 rings (SSSR count). The molecule has 0 aliphatic carbocycles. The van der Waals surface area contributed by atoms with Crippen LogP contribution in [-0.4, -0.2) is 5.84 Å². The summed E-state index contributed by atoms with van der Waals surface area (Å²) in [4.78, 5) is 0. The molecule has 0 bridgehead atoms. The summed E-state index contributed by atoms with van der Waals surface area (Å²) in [6.07, 6.45) is 4.34. The van der Waals surface area contributed by atoms with Gasteiger partial charge in [0.05, 0.1) is 0 Å². The van der Waals surface area contributed by atoms with E-state index in [1.165, 1.54) is 12.3 Å². The minimum Gasteiger partial charge on any atom is -0.404 e. The van der Waals surface area contributed by atoms with Crippen LogP contribution in [0, 0.1) is 5.41 Å². The van der Waals surface area contributed by atoms with Gasteiger partial charge in [-0.2, -0.15) is 0 Å². The molecule has 2 aromatic rings. The Balaban J connectivity index is 2.60. The first-order valence-corrected chi connectivity index (χ1v) is 7.83. The average Bonchev–Trinajstić information content (AvgIpc) is 2.64. The van der Waals surface area contributed by atoms with Crippen molar-refractivity contribution in [3.05, 3.63) is 109 Å². The molecule has 0 heterocycles. The number of nitrogens with one attached hydrogen (secondary N) is 3. The van der Waals surface area contributed by atoms with E-state index < -0.39 is 0 Å². The molecule has 0 aliphatic heterocycles. The van der Waals surface area contributed by atoms with Crippen LogP contribution in [0.5, 0.6) is 0 Å². The molecule has 4 nitrogen and oxygen atoms in total. The lowest BCUT2D eigenvalue weighted by Gasteiger charge is -2.19. The lowest BCUT2D eigenvalue weighted by Crippen LogP contribution is -2.29. The second kappa shape index (κ2) is 8.93. The normalized spacial score (nSPS) is 11.5. The summed E-state index contributed by atoms with van der Waals surface area (Å²) in [5, 5.41) is 14.1. The zero-order valence-corrected chi connectivity index (χ0v) is 14.0. The summed E-state index contributed by atoms with van der Waals surface area (Å²) in [6, 6.07) is 19.8. The van der Waals surface area contributed by atoms with Crippen LogP contribution >= 0.6 is 0 Å². The highest BCUT2D eigenvalue weighted by Crippen LogP contribution is 2.31. The molecule has 0 spiro atoms. The summed E-state index contributed by atoms with van der Waals surface area (Å²) in [7, 11) is 0. The van der Waals surface area contributed by atoms with Crippen LogP contribution in [0.1, 0.15) is 11.1 Å². The summed E-state index contributed by atoms with van der Waals surface area (Å²) in [6.45, 7) is 8.01. The van der Waals surface area contributed by atoms with Crippen molar-refractivity contribution < 1.29 is 0 Å². The van der Waals surface area contributed by atoms with E-state index in [1.807, 2.05) is 60.7 Å². The molecular weight excluding hydrogens is 308 g/mol. The topological polar surface area (TPSA) is 73.9 Å². The number of rotatable bonds is 7. The number of hydrogen-bond acceptors (Lipinski definition) is 3. The van der Waals surface area contributed by atoms with Gasteiger partial charge in [0.2, 0.25) is 0 Å². The predicted molar refractivity (Wildman–Crippen MR) is 106 cm³/mol. The van der Waals surface area contributed by atoms with E-state index in [1.54, 1.807) is 6.20 Å². The summed E-state index contributed by atoms with van der Waals surface area (Å²) in [5.74, 6) is 0.763. The SMILES string of the molecule is C=CN/C(NC(=N)/C=C\N)=C(\C(=C)c1ccccc1)c1ccccc1. The first-order chi connectivity index (χ1) is 12.2. The van der Waals surface area contributed by atoms with Crippen molar-refractivity contribution in [1.29, 1.82) is 5.41 Å². The smallest absolute Gasteiger partial charge is 0.125 e. The van der Waals surface area contributed by atoms with E-state index in [0.717, 1.165) is 22.3 Å². The van der Waals surface area contributed by atoms with Crippen molar-refractivity contribution >= 4 is 17.0 Å². The highest BCUT2D eigenvalue weighted by atomic mass is 15.1. The van der Waals surface area contributed by atoms with Crippen LogP contribution in [0.4, 0.5) is 0 Å². The molecule has 0 atom stereocenters. The van der Waals surface area contributed by atoms with E-state index in [-0.39, 0.29) is 5.84 Å². The largest absolute Gasteiger partial charge is 0.404 e. The van der Waals surface area contributed by atoms with Gasteiger partial charge in [0.1, 0.15) is 11.7 Å². The Morgan fingerprint density at radius 2 is 1.52 bits per heavy atom. The Bertz CT molecular complexity index is 802. The zero-order chi connectivity index (χ0) is 18.1. The third kappa shape index (κ3) is 4.72. The van der Waals surface area contributed by atoms with Gasteiger partial charge in [-0.05, 0) is 35.2 Å². The maximum atomic E-state index is 7.98. The van der Waals surface area contributed by atoms with Gasteiger partial charge in [0.25, 0.3) is 0 Å². The van der Waals surface area contributed by atoms with Crippen molar-refractivity contribution in [3.8, 4) is 0 Å². The summed E-state index contributed by atoms with van der Waals surface area (Å²) < 4.78 is 0. The fourth-order valence-electron chi connectivity index (χ4n) is 2.40. The van der Waals surface area contributed by atoms with Gasteiger partial charge in [0.15, 0.2) is 0 Å². The maximum absolute atomic E-state index is 7.98. The number of allylic oxidation sites excluding steroid dienone is 2. The first kappa shape index (κ1) is 17.8. The van der Waals surface area contributed by atoms with Crippen LogP contribution in [0.15, 0.2) is 98.1 Å². The van der Waals surface area contributed by atoms with Gasteiger partial charge < -0.3 is 16.4 Å². The summed E-state index contributed by atoms with van der Waals surface area (Å²) >= 11 is 0. The van der Waals surface area contributed by atoms with Gasteiger partial charge >= 0.3 is 0 Å². The highest BCUT2D eigenvalue weighted by molar-refractivity contribution is 6.06. The molecule has 0 fully saturated rings. The molecule has 0 aromatic heterocycles. The molecule has 0 saturated carbocycles. The molecule has 0 unspecified atom stereocenters. The van der Waals surface area contributed by atoms with E-state index in [0.29, 0.717) is 5.82 Å². The molecular formula is C21H22N4. The molecule has 0 amide bonds. The fourth-order valence-corrected chi connectivity index (χ4v) is 2.40. The maximum Gasteiger partial charge on any atom is 0.125 e. The van der Waals surface area contributed by atoms with Gasteiger partial charge in [-0.1, -0.05) is 73.8 Å². The van der Waals surface area contributed by atoms with Crippen molar-refractivity contribution in [2.75, 3.05) is 0 Å². The monoisotopic (exact) mass is 330 g/mol. The fraction of sp³-hybridized carbons (Fsp3) is 0. The van der Waals surface area contributed by atoms with Gasteiger partial charge in [-0.3, -0.25) is 5.41 Å². The molecule has 2 aromatic carbocycles. The number of hydrogen-bond donors (Lipinski definition) is 4. The second-order valence-electron chi connectivity index (χ2n) is 5.21. The minimum atomic E-state index is 0.154. The molecule has 0 aliphatic rings. The van der Waals surface area contributed by atoms with Crippen LogP contribution in [0.3, 0.4) is 0 Å². The van der Waals surface area contributed by atoms with Crippen molar-refractivity contribution in [1.82, 2.24) is 10.6 Å². The van der Waals surface area contributed by atoms with Crippen LogP contribution < -0.4 is 16.4 Å². The van der Waals surface area contributed by atoms with Crippen molar-refractivity contribution in [3.63, 3.8) is 0 Å². The van der Waals surface area contributed by atoms with Crippen molar-refractivity contribution in [2.45, 2.75) is 0 Å². The predicted octanol–water partition coefficient (Wildman–Crippen LogP) is 3.84. The Morgan fingerprint density at radius 3 is 2.04 bits per heavy atom. The molecule has 126 valence electrons. The Hall–Kier alpha value is -3.53. The minimum absolute atomic E-state index is 0.154. The zero-order valence-electron chi connectivity index (χ0n) is 14.0. The second-order valence-corrected chi connectivity index (χ2v) is 5.21. The quantitative estimate of drug-likeness (QED) is 0.354. The third-order valence-electron chi connectivity index (χ3n) is 3.51. The standard InChI is InChI=1S/C21H22N4/c1-3-24-21(25-19(23)14-15-22)20(18-12-8-5-9-13-18)16(2)17-10-6-4-7-11-17/h3-15,24H,1-2,22H2,(H2,23,25)/b15-14-,21-20-. The number of benzene rings is 2. The molecule has 0 saturated heterocycles. The van der Waals surface area contributed by atoms with Crippen molar-refractivity contribution in [2.24, 2.45) is 5.73 Å². The highest BCUT2D eigenvalue weighted by Gasteiger charge is 2.14. The van der Waals surface area contributed by atoms with E-state index >= 15 is 0 Å². The Kier molecular flexibility index (Phi) is 6.37. The van der Waals surface area contributed by atoms with E-state index in [4.69, 9.17) is 11.1 Å². The number of nitrogens with two attached hydrogens (primary N) is 1. The lowest BCUT2D eigenvalue weighted by atomic mass is 9.93. The molecule has 25 heavy (non-hydrogen) atoms. The molecule has 0 radical (unpaired) electrons. The molecule has 4 heteroatoms. The average molecular weight is 330 g/mol. The first-order valence-electron chi connectivity index (χ1n) is 7.83.